The van der Waals surface area contributed by atoms with Crippen molar-refractivity contribution in [2.24, 2.45) is 5.92 Å². The summed E-state index contributed by atoms with van der Waals surface area (Å²) in [6, 6.07) is 16.2. The molecule has 2 aromatic carbocycles. The van der Waals surface area contributed by atoms with Crippen molar-refractivity contribution in [1.82, 2.24) is 15.2 Å². The lowest BCUT2D eigenvalue weighted by atomic mass is 9.87. The number of hydrogen-bond acceptors (Lipinski definition) is 4. The Kier molecular flexibility index (Phi) is 6.52. The second-order valence-corrected chi connectivity index (χ2v) is 9.67. The molecule has 0 unspecified atom stereocenters. The predicted octanol–water partition coefficient (Wildman–Crippen LogP) is 5.71. The molecule has 1 aromatic heterocycles. The fraction of sp³-hybridized carbons (Fsp3) is 0.407. The SMILES string of the molecule is Cc1oc(-c2cccc(Cl)c2)nc1CN1CCC(C(=O)N[C@@H]2CCCc3ccccc32)CC1. The van der Waals surface area contributed by atoms with Crippen LogP contribution in [-0.4, -0.2) is 28.9 Å². The Morgan fingerprint density at radius 2 is 1.97 bits per heavy atom. The van der Waals surface area contributed by atoms with Crippen LogP contribution in [0.5, 0.6) is 0 Å². The van der Waals surface area contributed by atoms with E-state index in [2.05, 4.69) is 34.5 Å². The number of piperidine rings is 1. The minimum absolute atomic E-state index is 0.0794. The molecule has 1 aliphatic carbocycles. The number of halogens is 1. The summed E-state index contributed by atoms with van der Waals surface area (Å²) >= 11 is 6.11. The van der Waals surface area contributed by atoms with Crippen molar-refractivity contribution in [2.45, 2.75) is 51.6 Å². The number of hydrogen-bond donors (Lipinski definition) is 1. The number of carbonyl (C=O) groups excluding carboxylic acids is 1. The standard InChI is InChI=1S/C27H30ClN3O2/c1-18-25(30-27(33-18)21-8-4-9-22(28)16-21)17-31-14-12-20(13-15-31)26(32)29-24-11-5-7-19-6-2-3-10-23(19)24/h2-4,6,8-10,16,20,24H,5,7,11-15,17H2,1H3,(H,29,32)/t24-/m1/s1. The molecule has 0 saturated carbocycles. The van der Waals surface area contributed by atoms with Crippen molar-refractivity contribution < 1.29 is 9.21 Å². The summed E-state index contributed by atoms with van der Waals surface area (Å²) in [6.45, 7) is 4.47. The fourth-order valence-electron chi connectivity index (χ4n) is 5.08. The van der Waals surface area contributed by atoms with E-state index in [1.165, 1.54) is 11.1 Å². The Hall–Kier alpha value is -2.63. The molecule has 33 heavy (non-hydrogen) atoms. The molecule has 1 aliphatic heterocycles. The monoisotopic (exact) mass is 463 g/mol. The van der Waals surface area contributed by atoms with Crippen LogP contribution in [0.3, 0.4) is 0 Å². The average Bonchev–Trinajstić information content (AvgIpc) is 3.20. The third kappa shape index (κ3) is 4.99. The Bertz CT molecular complexity index is 1130. The lowest BCUT2D eigenvalue weighted by Gasteiger charge is -2.33. The molecular formula is C27H30ClN3O2. The zero-order chi connectivity index (χ0) is 22.8. The van der Waals surface area contributed by atoms with Gasteiger partial charge >= 0.3 is 0 Å². The van der Waals surface area contributed by atoms with E-state index in [1.54, 1.807) is 0 Å². The van der Waals surface area contributed by atoms with Gasteiger partial charge in [-0.15, -0.1) is 0 Å². The van der Waals surface area contributed by atoms with Crippen LogP contribution in [0.15, 0.2) is 52.9 Å². The van der Waals surface area contributed by atoms with Gasteiger partial charge < -0.3 is 9.73 Å². The number of aryl methyl sites for hydroxylation is 2. The number of amides is 1. The van der Waals surface area contributed by atoms with Crippen LogP contribution in [-0.2, 0) is 17.8 Å². The number of nitrogens with zero attached hydrogens (tertiary/aromatic N) is 2. The van der Waals surface area contributed by atoms with Crippen LogP contribution in [0.1, 0.15) is 54.3 Å². The highest BCUT2D eigenvalue weighted by Crippen LogP contribution is 2.31. The minimum atomic E-state index is 0.0794. The van der Waals surface area contributed by atoms with Gasteiger partial charge in [-0.3, -0.25) is 9.69 Å². The van der Waals surface area contributed by atoms with Crippen LogP contribution in [0, 0.1) is 12.8 Å². The Labute approximate surface area is 200 Å². The average molecular weight is 464 g/mol. The van der Waals surface area contributed by atoms with Gasteiger partial charge in [-0.1, -0.05) is 41.9 Å². The maximum atomic E-state index is 13.0. The number of benzene rings is 2. The number of carbonyl (C=O) groups is 1. The lowest BCUT2D eigenvalue weighted by molar-refractivity contribution is -0.127. The van der Waals surface area contributed by atoms with E-state index in [-0.39, 0.29) is 17.9 Å². The summed E-state index contributed by atoms with van der Waals surface area (Å²) < 4.78 is 5.91. The molecule has 3 aromatic rings. The molecule has 1 amide bonds. The molecule has 0 radical (unpaired) electrons. The fourth-order valence-corrected chi connectivity index (χ4v) is 5.27. The highest BCUT2D eigenvalue weighted by Gasteiger charge is 2.29. The molecular weight excluding hydrogens is 434 g/mol. The highest BCUT2D eigenvalue weighted by atomic mass is 35.5. The van der Waals surface area contributed by atoms with Crippen molar-refractivity contribution in [3.63, 3.8) is 0 Å². The molecule has 172 valence electrons. The van der Waals surface area contributed by atoms with E-state index in [9.17, 15) is 4.79 Å². The van der Waals surface area contributed by atoms with Crippen molar-refractivity contribution in [2.75, 3.05) is 13.1 Å². The van der Waals surface area contributed by atoms with E-state index in [0.29, 0.717) is 10.9 Å². The van der Waals surface area contributed by atoms with Gasteiger partial charge in [0.25, 0.3) is 0 Å². The summed E-state index contributed by atoms with van der Waals surface area (Å²) in [7, 11) is 0. The first-order valence-corrected chi connectivity index (χ1v) is 12.3. The van der Waals surface area contributed by atoms with Gasteiger partial charge in [0.2, 0.25) is 11.8 Å². The van der Waals surface area contributed by atoms with Crippen LogP contribution in [0.2, 0.25) is 5.02 Å². The van der Waals surface area contributed by atoms with Gasteiger partial charge in [0.05, 0.1) is 11.7 Å². The molecule has 0 bridgehead atoms. The molecule has 5 rings (SSSR count). The maximum absolute atomic E-state index is 13.0. The summed E-state index contributed by atoms with van der Waals surface area (Å²) in [5.74, 6) is 1.72. The molecule has 2 heterocycles. The van der Waals surface area contributed by atoms with Crippen molar-refractivity contribution in [3.05, 3.63) is 76.1 Å². The summed E-state index contributed by atoms with van der Waals surface area (Å²) in [4.78, 5) is 20.1. The Morgan fingerprint density at radius 1 is 1.15 bits per heavy atom. The van der Waals surface area contributed by atoms with Crippen molar-refractivity contribution in [1.29, 1.82) is 0 Å². The normalized spacial score (nSPS) is 19.3. The van der Waals surface area contributed by atoms with Gasteiger partial charge in [-0.05, 0) is 81.4 Å². The third-order valence-corrected chi connectivity index (χ3v) is 7.22. The maximum Gasteiger partial charge on any atom is 0.226 e. The molecule has 6 heteroatoms. The lowest BCUT2D eigenvalue weighted by Crippen LogP contribution is -2.42. The van der Waals surface area contributed by atoms with Gasteiger partial charge in [0, 0.05) is 23.0 Å². The zero-order valence-corrected chi connectivity index (χ0v) is 19.8. The van der Waals surface area contributed by atoms with E-state index in [0.717, 1.165) is 68.8 Å². The second-order valence-electron chi connectivity index (χ2n) is 9.23. The first-order valence-electron chi connectivity index (χ1n) is 11.9. The Morgan fingerprint density at radius 3 is 2.79 bits per heavy atom. The number of nitrogens with one attached hydrogen (secondary N) is 1. The van der Waals surface area contributed by atoms with E-state index in [1.807, 2.05) is 31.2 Å². The van der Waals surface area contributed by atoms with Gasteiger partial charge in [-0.25, -0.2) is 4.98 Å². The van der Waals surface area contributed by atoms with Crippen molar-refractivity contribution >= 4 is 17.5 Å². The van der Waals surface area contributed by atoms with Crippen LogP contribution >= 0.6 is 11.6 Å². The zero-order valence-electron chi connectivity index (χ0n) is 19.0. The third-order valence-electron chi connectivity index (χ3n) is 6.98. The first kappa shape index (κ1) is 22.2. The van der Waals surface area contributed by atoms with E-state index < -0.39 is 0 Å². The summed E-state index contributed by atoms with van der Waals surface area (Å²) in [6.07, 6.45) is 5.02. The molecule has 1 N–H and O–H groups in total. The van der Waals surface area contributed by atoms with Crippen LogP contribution < -0.4 is 5.32 Å². The number of aromatic nitrogens is 1. The van der Waals surface area contributed by atoms with Crippen molar-refractivity contribution in [3.8, 4) is 11.5 Å². The first-order chi connectivity index (χ1) is 16.1. The van der Waals surface area contributed by atoms with Crippen LogP contribution in [0.4, 0.5) is 0 Å². The number of fused-ring (bicyclic) bond motifs is 1. The number of likely N-dealkylation sites (tertiary alicyclic amines) is 1. The van der Waals surface area contributed by atoms with E-state index in [4.69, 9.17) is 21.0 Å². The molecule has 1 fully saturated rings. The topological polar surface area (TPSA) is 58.4 Å². The molecule has 2 aliphatic rings. The highest BCUT2D eigenvalue weighted by molar-refractivity contribution is 6.30. The summed E-state index contributed by atoms with van der Waals surface area (Å²) in [5, 5.41) is 4.02. The van der Waals surface area contributed by atoms with E-state index >= 15 is 0 Å². The largest absolute Gasteiger partial charge is 0.441 e. The van der Waals surface area contributed by atoms with Gasteiger partial charge in [-0.2, -0.15) is 0 Å². The van der Waals surface area contributed by atoms with Crippen LogP contribution in [0.25, 0.3) is 11.5 Å². The van der Waals surface area contributed by atoms with Gasteiger partial charge in [0.15, 0.2) is 0 Å². The number of rotatable bonds is 5. The summed E-state index contributed by atoms with van der Waals surface area (Å²) in [5.41, 5.74) is 4.51. The molecule has 1 atom stereocenters. The predicted molar refractivity (Wildman–Crippen MR) is 130 cm³/mol. The molecule has 1 saturated heterocycles. The smallest absolute Gasteiger partial charge is 0.226 e. The number of oxazole rings is 1. The quantitative estimate of drug-likeness (QED) is 0.526. The minimum Gasteiger partial charge on any atom is -0.441 e. The molecule has 5 nitrogen and oxygen atoms in total. The second kappa shape index (κ2) is 9.70. The Balaban J connectivity index is 1.16. The molecule has 0 spiro atoms. The van der Waals surface area contributed by atoms with Gasteiger partial charge in [0.1, 0.15) is 5.76 Å².